The highest BCUT2D eigenvalue weighted by Crippen LogP contribution is 2.21. The highest BCUT2D eigenvalue weighted by Gasteiger charge is 2.28. The Morgan fingerprint density at radius 1 is 1.41 bits per heavy atom. The Morgan fingerprint density at radius 3 is 2.86 bits per heavy atom. The molecular formula is C16H21N3O2S. The zero-order valence-corrected chi connectivity index (χ0v) is 13.7. The molecule has 0 spiro atoms. The summed E-state index contributed by atoms with van der Waals surface area (Å²) in [5.41, 5.74) is 0.907. The van der Waals surface area contributed by atoms with Crippen LogP contribution in [0.2, 0.25) is 0 Å². The fourth-order valence-corrected chi connectivity index (χ4v) is 4.01. The van der Waals surface area contributed by atoms with E-state index < -0.39 is 16.0 Å². The van der Waals surface area contributed by atoms with E-state index in [0.717, 1.165) is 36.8 Å². The van der Waals surface area contributed by atoms with Gasteiger partial charge in [-0.2, -0.15) is 5.10 Å². The van der Waals surface area contributed by atoms with Gasteiger partial charge in [0.1, 0.15) is 5.25 Å². The van der Waals surface area contributed by atoms with Crippen LogP contribution in [0.25, 0.3) is 10.9 Å². The highest BCUT2D eigenvalue weighted by molar-refractivity contribution is 7.86. The Morgan fingerprint density at radius 2 is 2.14 bits per heavy atom. The van der Waals surface area contributed by atoms with Crippen LogP contribution in [0.5, 0.6) is 0 Å². The number of hydrogen-bond acceptors (Lipinski definition) is 3. The Labute approximate surface area is 132 Å². The average Bonchev–Trinajstić information content (AvgIpc) is 3.01. The molecular weight excluding hydrogens is 298 g/mol. The van der Waals surface area contributed by atoms with Gasteiger partial charge in [0.2, 0.25) is 5.91 Å². The summed E-state index contributed by atoms with van der Waals surface area (Å²) < 4.78 is 12.7. The third-order valence-electron chi connectivity index (χ3n) is 4.41. The quantitative estimate of drug-likeness (QED) is 0.944. The number of piperidine rings is 1. The van der Waals surface area contributed by atoms with Gasteiger partial charge >= 0.3 is 0 Å². The second-order valence-corrected chi connectivity index (χ2v) is 7.84. The maximum absolute atomic E-state index is 12.7. The molecule has 3 rings (SSSR count). The van der Waals surface area contributed by atoms with Crippen molar-refractivity contribution in [1.82, 2.24) is 15.1 Å². The lowest BCUT2D eigenvalue weighted by atomic mass is 9.99. The fourth-order valence-electron chi connectivity index (χ4n) is 2.83. The Hall–Kier alpha value is -1.69. The molecule has 2 unspecified atom stereocenters. The molecule has 6 heteroatoms. The van der Waals surface area contributed by atoms with Crippen LogP contribution in [0, 0.1) is 5.92 Å². The normalized spacial score (nSPS) is 19.3. The number of carbonyl (C=O) groups is 1. The monoisotopic (exact) mass is 319 g/mol. The number of carbonyl (C=O) groups excluding carboxylic acids is 1. The smallest absolute Gasteiger partial charge is 0.238 e. The number of amides is 1. The fraction of sp³-hybridized carbons (Fsp3) is 0.500. The van der Waals surface area contributed by atoms with Crippen molar-refractivity contribution in [3.05, 3.63) is 24.4 Å². The number of benzene rings is 1. The largest absolute Gasteiger partial charge is 0.342 e. The van der Waals surface area contributed by atoms with Gasteiger partial charge in [-0.05, 0) is 43.9 Å². The lowest BCUT2D eigenvalue weighted by Gasteiger charge is -2.32. The van der Waals surface area contributed by atoms with Crippen molar-refractivity contribution < 1.29 is 9.00 Å². The first-order valence-corrected chi connectivity index (χ1v) is 8.90. The molecule has 1 N–H and O–H groups in total. The van der Waals surface area contributed by atoms with Gasteiger partial charge in [-0.25, -0.2) is 0 Å². The van der Waals surface area contributed by atoms with E-state index in [9.17, 15) is 9.00 Å². The summed E-state index contributed by atoms with van der Waals surface area (Å²) in [5.74, 6) is 0.672. The summed E-state index contributed by atoms with van der Waals surface area (Å²) in [5, 5.41) is 7.23. The standard InChI is InChI=1S/C16H21N3O2S/c1-11-5-7-19(8-6-11)16(20)12(2)22(21)14-3-4-15-13(9-14)10-17-18-15/h3-4,9-12H,5-8H2,1-2H3,(H,17,18). The Kier molecular flexibility index (Phi) is 4.29. The zero-order valence-electron chi connectivity index (χ0n) is 12.9. The van der Waals surface area contributed by atoms with Crippen LogP contribution in [0.4, 0.5) is 0 Å². The van der Waals surface area contributed by atoms with Gasteiger partial charge in [-0.1, -0.05) is 6.92 Å². The average molecular weight is 319 g/mol. The highest BCUT2D eigenvalue weighted by atomic mass is 32.2. The first kappa shape index (κ1) is 15.2. The number of likely N-dealkylation sites (tertiary alicyclic amines) is 1. The van der Waals surface area contributed by atoms with Crippen molar-refractivity contribution in [2.24, 2.45) is 5.92 Å². The van der Waals surface area contributed by atoms with E-state index in [0.29, 0.717) is 10.8 Å². The van der Waals surface area contributed by atoms with E-state index >= 15 is 0 Å². The summed E-state index contributed by atoms with van der Waals surface area (Å²) in [7, 11) is -1.34. The SMILES string of the molecule is CC1CCN(C(=O)C(C)S(=O)c2ccc3[nH]ncc3c2)CC1. The molecule has 1 aliphatic heterocycles. The molecule has 0 saturated carbocycles. The number of nitrogens with zero attached hydrogens (tertiary/aromatic N) is 2. The van der Waals surface area contributed by atoms with Gasteiger partial charge in [-0.15, -0.1) is 0 Å². The van der Waals surface area contributed by atoms with Gasteiger partial charge < -0.3 is 4.90 Å². The van der Waals surface area contributed by atoms with Crippen LogP contribution >= 0.6 is 0 Å². The van der Waals surface area contributed by atoms with Crippen LogP contribution < -0.4 is 0 Å². The number of aromatic nitrogens is 2. The summed E-state index contributed by atoms with van der Waals surface area (Å²) in [4.78, 5) is 15.1. The maximum Gasteiger partial charge on any atom is 0.238 e. The topological polar surface area (TPSA) is 66.1 Å². The van der Waals surface area contributed by atoms with Crippen molar-refractivity contribution in [3.8, 4) is 0 Å². The number of fused-ring (bicyclic) bond motifs is 1. The number of nitrogens with one attached hydrogen (secondary N) is 1. The summed E-state index contributed by atoms with van der Waals surface area (Å²) >= 11 is 0. The second-order valence-electron chi connectivity index (χ2n) is 6.07. The van der Waals surface area contributed by atoms with Crippen LogP contribution in [0.1, 0.15) is 26.7 Å². The first-order chi connectivity index (χ1) is 10.6. The van der Waals surface area contributed by atoms with E-state index in [1.165, 1.54) is 0 Å². The second kappa shape index (κ2) is 6.20. The first-order valence-electron chi connectivity index (χ1n) is 7.69. The zero-order chi connectivity index (χ0) is 15.7. The van der Waals surface area contributed by atoms with E-state index in [1.807, 2.05) is 17.0 Å². The van der Waals surface area contributed by atoms with Gasteiger partial charge in [0.05, 0.1) is 22.5 Å². The van der Waals surface area contributed by atoms with Crippen LogP contribution in [0.3, 0.4) is 0 Å². The summed E-state index contributed by atoms with van der Waals surface area (Å²) in [6.07, 6.45) is 3.77. The minimum absolute atomic E-state index is 0.00229. The molecule has 2 heterocycles. The third kappa shape index (κ3) is 2.92. The van der Waals surface area contributed by atoms with Gasteiger partial charge in [0.15, 0.2) is 0 Å². The van der Waals surface area contributed by atoms with Gasteiger partial charge in [-0.3, -0.25) is 14.1 Å². The predicted octanol–water partition coefficient (Wildman–Crippen LogP) is 2.32. The maximum atomic E-state index is 12.7. The molecule has 0 aliphatic carbocycles. The lowest BCUT2D eigenvalue weighted by Crippen LogP contribution is -2.43. The minimum atomic E-state index is -1.34. The van der Waals surface area contributed by atoms with E-state index in [4.69, 9.17) is 0 Å². The number of hydrogen-bond donors (Lipinski definition) is 1. The summed E-state index contributed by atoms with van der Waals surface area (Å²) in [6.45, 7) is 5.53. The van der Waals surface area contributed by atoms with Gasteiger partial charge in [0.25, 0.3) is 0 Å². The number of H-pyrrole nitrogens is 1. The van der Waals surface area contributed by atoms with E-state index in [1.54, 1.807) is 19.2 Å². The molecule has 2 atom stereocenters. The van der Waals surface area contributed by atoms with Crippen molar-refractivity contribution in [1.29, 1.82) is 0 Å². The van der Waals surface area contributed by atoms with Crippen molar-refractivity contribution in [3.63, 3.8) is 0 Å². The van der Waals surface area contributed by atoms with Crippen molar-refractivity contribution >= 4 is 27.6 Å². The van der Waals surface area contributed by atoms with Crippen molar-refractivity contribution in [2.75, 3.05) is 13.1 Å². The van der Waals surface area contributed by atoms with Crippen LogP contribution in [0.15, 0.2) is 29.3 Å². The summed E-state index contributed by atoms with van der Waals surface area (Å²) in [6, 6.07) is 5.50. The Balaban J connectivity index is 1.74. The molecule has 2 aromatic rings. The molecule has 22 heavy (non-hydrogen) atoms. The molecule has 118 valence electrons. The van der Waals surface area contributed by atoms with E-state index in [2.05, 4.69) is 17.1 Å². The van der Waals surface area contributed by atoms with E-state index in [-0.39, 0.29) is 5.91 Å². The number of aromatic amines is 1. The minimum Gasteiger partial charge on any atom is -0.342 e. The molecule has 1 fully saturated rings. The molecule has 0 bridgehead atoms. The molecule has 1 aromatic carbocycles. The van der Waals surface area contributed by atoms with Gasteiger partial charge in [0, 0.05) is 23.4 Å². The van der Waals surface area contributed by atoms with Crippen LogP contribution in [-0.4, -0.2) is 43.6 Å². The predicted molar refractivity (Wildman–Crippen MR) is 86.9 cm³/mol. The van der Waals surface area contributed by atoms with Crippen LogP contribution in [-0.2, 0) is 15.6 Å². The third-order valence-corrected chi connectivity index (χ3v) is 5.97. The molecule has 1 aromatic heterocycles. The molecule has 5 nitrogen and oxygen atoms in total. The Bertz CT molecular complexity index is 704. The lowest BCUT2D eigenvalue weighted by molar-refractivity contribution is -0.131. The molecule has 1 saturated heterocycles. The molecule has 1 aliphatic rings. The molecule has 1 amide bonds. The number of rotatable bonds is 3. The van der Waals surface area contributed by atoms with Crippen molar-refractivity contribution in [2.45, 2.75) is 36.8 Å². The molecule has 0 radical (unpaired) electrons.